The van der Waals surface area contributed by atoms with Crippen LogP contribution in [0.1, 0.15) is 21.5 Å². The summed E-state index contributed by atoms with van der Waals surface area (Å²) in [4.78, 5) is 11.9. The Labute approximate surface area is 104 Å². The fourth-order valence-electron chi connectivity index (χ4n) is 1.63. The van der Waals surface area contributed by atoms with E-state index in [1.165, 1.54) is 11.3 Å². The number of hydrogen-bond acceptors (Lipinski definition) is 3. The van der Waals surface area contributed by atoms with Crippen LogP contribution in [0.25, 0.3) is 0 Å². The molecule has 0 saturated heterocycles. The van der Waals surface area contributed by atoms with Crippen molar-refractivity contribution in [2.24, 2.45) is 0 Å². The maximum absolute atomic E-state index is 11.9. The van der Waals surface area contributed by atoms with Gasteiger partial charge in [0.2, 0.25) is 0 Å². The molecule has 17 heavy (non-hydrogen) atoms. The maximum Gasteiger partial charge on any atom is 0.256 e. The number of thiophene rings is 1. The first-order valence-corrected chi connectivity index (χ1v) is 6.23. The molecule has 1 aromatic heterocycles. The van der Waals surface area contributed by atoms with Crippen LogP contribution >= 0.6 is 11.3 Å². The molecule has 0 radical (unpaired) electrons. The molecule has 1 heterocycles. The highest BCUT2D eigenvalue weighted by Crippen LogP contribution is 2.25. The molecule has 0 aliphatic carbocycles. The Morgan fingerprint density at radius 3 is 2.71 bits per heavy atom. The molecule has 4 heteroatoms. The molecule has 3 nitrogen and oxygen atoms in total. The molecule has 0 aliphatic rings. The number of aryl methyl sites for hydroxylation is 1. The van der Waals surface area contributed by atoms with Crippen LogP contribution in [-0.2, 0) is 0 Å². The average Bonchev–Trinajstić information content (AvgIpc) is 2.83. The lowest BCUT2D eigenvalue weighted by molar-refractivity contribution is 0.102. The molecule has 2 aromatic rings. The van der Waals surface area contributed by atoms with Crippen molar-refractivity contribution in [2.75, 3.05) is 11.1 Å². The van der Waals surface area contributed by atoms with Crippen molar-refractivity contribution in [1.82, 2.24) is 0 Å². The number of amides is 1. The molecular weight excluding hydrogens is 232 g/mol. The average molecular weight is 246 g/mol. The predicted octanol–water partition coefficient (Wildman–Crippen LogP) is 3.20. The van der Waals surface area contributed by atoms with Crippen LogP contribution in [0.4, 0.5) is 11.4 Å². The Balaban J connectivity index is 2.31. The molecule has 0 atom stereocenters. The van der Waals surface area contributed by atoms with Gasteiger partial charge in [0.25, 0.3) is 5.91 Å². The van der Waals surface area contributed by atoms with Gasteiger partial charge in [-0.25, -0.2) is 0 Å². The SMILES string of the molecule is Cc1ccc(N)c(C)c1NC(=O)c1ccsc1. The Hall–Kier alpha value is -1.81. The third kappa shape index (κ3) is 2.31. The van der Waals surface area contributed by atoms with E-state index in [0.717, 1.165) is 16.8 Å². The quantitative estimate of drug-likeness (QED) is 0.799. The number of nitrogens with two attached hydrogens (primary N) is 1. The number of nitrogen functional groups attached to an aromatic ring is 1. The van der Waals surface area contributed by atoms with Crippen LogP contribution in [0.2, 0.25) is 0 Å². The van der Waals surface area contributed by atoms with Crippen LogP contribution in [0, 0.1) is 13.8 Å². The van der Waals surface area contributed by atoms with Crippen molar-refractivity contribution in [1.29, 1.82) is 0 Å². The van der Waals surface area contributed by atoms with E-state index in [4.69, 9.17) is 5.73 Å². The summed E-state index contributed by atoms with van der Waals surface area (Å²) in [6, 6.07) is 5.56. The van der Waals surface area contributed by atoms with Gasteiger partial charge in [0.05, 0.1) is 5.56 Å². The van der Waals surface area contributed by atoms with Gasteiger partial charge in [-0.3, -0.25) is 4.79 Å². The minimum absolute atomic E-state index is 0.0944. The van der Waals surface area contributed by atoms with Crippen molar-refractivity contribution >= 4 is 28.6 Å². The number of hydrogen-bond donors (Lipinski definition) is 2. The highest BCUT2D eigenvalue weighted by molar-refractivity contribution is 7.08. The Bertz CT molecular complexity index is 547. The molecule has 88 valence electrons. The Morgan fingerprint density at radius 2 is 2.06 bits per heavy atom. The van der Waals surface area contributed by atoms with E-state index in [1.54, 1.807) is 6.07 Å². The minimum Gasteiger partial charge on any atom is -0.398 e. The summed E-state index contributed by atoms with van der Waals surface area (Å²) in [6.45, 7) is 3.86. The van der Waals surface area contributed by atoms with Crippen LogP contribution in [0.3, 0.4) is 0 Å². The topological polar surface area (TPSA) is 55.1 Å². The van der Waals surface area contributed by atoms with Crippen LogP contribution < -0.4 is 11.1 Å². The third-order valence-corrected chi connectivity index (χ3v) is 3.42. The monoisotopic (exact) mass is 246 g/mol. The summed E-state index contributed by atoms with van der Waals surface area (Å²) in [6.07, 6.45) is 0. The van der Waals surface area contributed by atoms with E-state index >= 15 is 0 Å². The van der Waals surface area contributed by atoms with Gasteiger partial charge in [-0.2, -0.15) is 11.3 Å². The van der Waals surface area contributed by atoms with Gasteiger partial charge in [-0.1, -0.05) is 6.07 Å². The summed E-state index contributed by atoms with van der Waals surface area (Å²) < 4.78 is 0. The maximum atomic E-state index is 11.9. The summed E-state index contributed by atoms with van der Waals surface area (Å²) in [7, 11) is 0. The van der Waals surface area contributed by atoms with E-state index in [0.29, 0.717) is 11.3 Å². The molecule has 1 aromatic carbocycles. The van der Waals surface area contributed by atoms with Crippen molar-refractivity contribution in [2.45, 2.75) is 13.8 Å². The second kappa shape index (κ2) is 4.59. The van der Waals surface area contributed by atoms with Gasteiger partial charge in [0.15, 0.2) is 0 Å². The fourth-order valence-corrected chi connectivity index (χ4v) is 2.27. The van der Waals surface area contributed by atoms with E-state index in [-0.39, 0.29) is 5.91 Å². The molecule has 0 fully saturated rings. The highest BCUT2D eigenvalue weighted by Gasteiger charge is 2.11. The first-order valence-electron chi connectivity index (χ1n) is 5.29. The summed E-state index contributed by atoms with van der Waals surface area (Å²) >= 11 is 1.50. The smallest absolute Gasteiger partial charge is 0.256 e. The number of carbonyl (C=O) groups excluding carboxylic acids is 1. The van der Waals surface area contributed by atoms with E-state index in [2.05, 4.69) is 5.32 Å². The second-order valence-corrected chi connectivity index (χ2v) is 4.72. The van der Waals surface area contributed by atoms with Gasteiger partial charge in [0, 0.05) is 16.8 Å². The van der Waals surface area contributed by atoms with Crippen molar-refractivity contribution in [3.63, 3.8) is 0 Å². The molecule has 1 amide bonds. The van der Waals surface area contributed by atoms with Crippen LogP contribution in [0.15, 0.2) is 29.0 Å². The zero-order valence-corrected chi connectivity index (χ0v) is 10.6. The standard InChI is InChI=1S/C13H14N2OS/c1-8-3-4-11(14)9(2)12(8)15-13(16)10-5-6-17-7-10/h3-7H,14H2,1-2H3,(H,15,16). The lowest BCUT2D eigenvalue weighted by Crippen LogP contribution is -2.13. The third-order valence-electron chi connectivity index (χ3n) is 2.74. The predicted molar refractivity (Wildman–Crippen MR) is 72.6 cm³/mol. The second-order valence-electron chi connectivity index (χ2n) is 3.94. The summed E-state index contributed by atoms with van der Waals surface area (Å²) in [5.41, 5.74) is 9.93. The molecule has 0 aliphatic heterocycles. The molecule has 2 rings (SSSR count). The number of nitrogens with one attached hydrogen (secondary N) is 1. The normalized spacial score (nSPS) is 10.2. The lowest BCUT2D eigenvalue weighted by atomic mass is 10.1. The molecule has 0 saturated carbocycles. The zero-order valence-electron chi connectivity index (χ0n) is 9.78. The van der Waals surface area contributed by atoms with Gasteiger partial charge in [0.1, 0.15) is 0 Å². The van der Waals surface area contributed by atoms with E-state index < -0.39 is 0 Å². The largest absolute Gasteiger partial charge is 0.398 e. The molecule has 0 spiro atoms. The zero-order chi connectivity index (χ0) is 12.4. The Morgan fingerprint density at radius 1 is 1.29 bits per heavy atom. The molecule has 0 unspecified atom stereocenters. The van der Waals surface area contributed by atoms with Gasteiger partial charge in [-0.15, -0.1) is 0 Å². The molecular formula is C13H14N2OS. The molecule has 3 N–H and O–H groups in total. The number of carbonyl (C=O) groups is 1. The van der Waals surface area contributed by atoms with Gasteiger partial charge < -0.3 is 11.1 Å². The number of rotatable bonds is 2. The van der Waals surface area contributed by atoms with Gasteiger partial charge in [-0.05, 0) is 42.5 Å². The lowest BCUT2D eigenvalue weighted by Gasteiger charge is -2.12. The Kier molecular flexibility index (Phi) is 3.15. The minimum atomic E-state index is -0.0944. The summed E-state index contributed by atoms with van der Waals surface area (Å²) in [5, 5.41) is 6.62. The fraction of sp³-hybridized carbons (Fsp3) is 0.154. The number of anilines is 2. The van der Waals surface area contributed by atoms with Crippen molar-refractivity contribution in [3.05, 3.63) is 45.6 Å². The van der Waals surface area contributed by atoms with Gasteiger partial charge >= 0.3 is 0 Å². The highest BCUT2D eigenvalue weighted by atomic mass is 32.1. The van der Waals surface area contributed by atoms with Crippen molar-refractivity contribution in [3.8, 4) is 0 Å². The first kappa shape index (κ1) is 11.7. The van der Waals surface area contributed by atoms with Crippen LogP contribution in [0.5, 0.6) is 0 Å². The van der Waals surface area contributed by atoms with Crippen molar-refractivity contribution < 1.29 is 4.79 Å². The van der Waals surface area contributed by atoms with E-state index in [9.17, 15) is 4.79 Å². The molecule has 0 bridgehead atoms. The van der Waals surface area contributed by atoms with E-state index in [1.807, 2.05) is 36.7 Å². The van der Waals surface area contributed by atoms with Crippen LogP contribution in [-0.4, -0.2) is 5.91 Å². The number of benzene rings is 1. The summed E-state index contributed by atoms with van der Waals surface area (Å²) in [5.74, 6) is -0.0944. The first-order chi connectivity index (χ1) is 8.09.